The molecule has 2 N–H and O–H groups in total. The molecule has 26 heavy (non-hydrogen) atoms. The lowest BCUT2D eigenvalue weighted by Crippen LogP contribution is -2.59. The molecule has 5 heteroatoms. The summed E-state index contributed by atoms with van der Waals surface area (Å²) in [5, 5.41) is 9.08. The molecule has 2 aromatic rings. The topological polar surface area (TPSA) is 46.7 Å². The van der Waals surface area contributed by atoms with Gasteiger partial charge in [0.15, 0.2) is 0 Å². The third-order valence-corrected chi connectivity index (χ3v) is 5.46. The molecule has 0 fully saturated rings. The van der Waals surface area contributed by atoms with Crippen molar-refractivity contribution in [1.82, 2.24) is 20.3 Å². The summed E-state index contributed by atoms with van der Waals surface area (Å²) in [5.74, 6) is 0. The van der Waals surface area contributed by atoms with E-state index in [-0.39, 0.29) is 6.04 Å². The second kappa shape index (κ2) is 4.79. The van der Waals surface area contributed by atoms with Crippen molar-refractivity contribution in [3.05, 3.63) is 90.6 Å². The number of nitrogens with zero attached hydrogens (tertiary/aromatic N) is 3. The van der Waals surface area contributed by atoms with Crippen LogP contribution >= 0.6 is 0 Å². The van der Waals surface area contributed by atoms with E-state index in [1.807, 2.05) is 6.34 Å². The van der Waals surface area contributed by atoms with Crippen LogP contribution in [0.5, 0.6) is 0 Å². The summed E-state index contributed by atoms with van der Waals surface area (Å²) in [6.45, 7) is 0. The van der Waals surface area contributed by atoms with Gasteiger partial charge in [0.05, 0.1) is 17.7 Å². The molecule has 0 radical (unpaired) electrons. The number of aromatic nitrogens is 1. The first-order valence-corrected chi connectivity index (χ1v) is 8.78. The van der Waals surface area contributed by atoms with Gasteiger partial charge in [-0.2, -0.15) is 0 Å². The Morgan fingerprint density at radius 3 is 2.92 bits per heavy atom. The first-order chi connectivity index (χ1) is 12.9. The lowest BCUT2D eigenvalue weighted by molar-refractivity contribution is 0.0697. The van der Waals surface area contributed by atoms with Gasteiger partial charge in [0.25, 0.3) is 0 Å². The molecular weight excluding hydrogens is 322 g/mol. The van der Waals surface area contributed by atoms with Gasteiger partial charge in [-0.15, -0.1) is 0 Å². The molecule has 126 valence electrons. The van der Waals surface area contributed by atoms with Crippen LogP contribution in [-0.4, -0.2) is 32.9 Å². The Bertz CT molecular complexity index is 1060. The summed E-state index contributed by atoms with van der Waals surface area (Å²) in [4.78, 5) is 8.44. The van der Waals surface area contributed by atoms with E-state index in [0.29, 0.717) is 0 Å². The third kappa shape index (κ3) is 1.62. The maximum atomic E-state index is 4.86. The van der Waals surface area contributed by atoms with Crippen LogP contribution in [0.3, 0.4) is 0 Å². The summed E-state index contributed by atoms with van der Waals surface area (Å²) < 4.78 is 0. The van der Waals surface area contributed by atoms with Crippen LogP contribution in [0.15, 0.2) is 89.9 Å². The zero-order valence-electron chi connectivity index (χ0n) is 14.0. The fourth-order valence-corrected chi connectivity index (χ4v) is 4.31. The Hall–Kier alpha value is -3.47. The number of nitrogens with one attached hydrogen (secondary N) is 2. The number of para-hydroxylation sites is 1. The van der Waals surface area contributed by atoms with E-state index < -0.39 is 5.54 Å². The van der Waals surface area contributed by atoms with Crippen LogP contribution in [-0.2, 0) is 0 Å². The molecule has 1 spiro atoms. The van der Waals surface area contributed by atoms with Crippen LogP contribution < -0.4 is 5.32 Å². The summed E-state index contributed by atoms with van der Waals surface area (Å²) in [6, 6.07) is 10.7. The summed E-state index contributed by atoms with van der Waals surface area (Å²) >= 11 is 0. The van der Waals surface area contributed by atoms with Crippen molar-refractivity contribution in [2.45, 2.75) is 11.6 Å². The molecule has 3 aliphatic heterocycles. The summed E-state index contributed by atoms with van der Waals surface area (Å²) in [6.07, 6.45) is 18.7. The van der Waals surface area contributed by atoms with Gasteiger partial charge in [0.2, 0.25) is 0 Å². The predicted octanol–water partition coefficient (Wildman–Crippen LogP) is 3.28. The number of aliphatic imine (C=N–C) groups is 1. The number of fused-ring (bicyclic) bond motifs is 3. The fraction of sp³-hybridized carbons (Fsp3) is 0.0952. The Labute approximate surface area is 151 Å². The van der Waals surface area contributed by atoms with Gasteiger partial charge in [0.1, 0.15) is 17.3 Å². The number of allylic oxidation sites excluding steroid dienone is 4. The van der Waals surface area contributed by atoms with Crippen molar-refractivity contribution < 1.29 is 0 Å². The third-order valence-electron chi connectivity index (χ3n) is 5.46. The second-order valence-electron chi connectivity index (χ2n) is 6.82. The van der Waals surface area contributed by atoms with Crippen LogP contribution in [0.2, 0.25) is 0 Å². The smallest absolute Gasteiger partial charge is 0.148 e. The average molecular weight is 339 g/mol. The highest BCUT2D eigenvalue weighted by Gasteiger charge is 2.52. The van der Waals surface area contributed by atoms with E-state index in [1.54, 1.807) is 0 Å². The van der Waals surface area contributed by atoms with E-state index in [9.17, 15) is 0 Å². The molecule has 1 aliphatic carbocycles. The van der Waals surface area contributed by atoms with Crippen LogP contribution in [0.4, 0.5) is 0 Å². The highest BCUT2D eigenvalue weighted by Crippen LogP contribution is 2.46. The number of hydrogen-bond donors (Lipinski definition) is 2. The lowest BCUT2D eigenvalue weighted by Gasteiger charge is -2.51. The van der Waals surface area contributed by atoms with Gasteiger partial charge in [-0.1, -0.05) is 36.4 Å². The molecule has 4 heterocycles. The van der Waals surface area contributed by atoms with Gasteiger partial charge in [-0.3, -0.25) is 15.0 Å². The summed E-state index contributed by atoms with van der Waals surface area (Å²) in [5.41, 5.74) is 3.98. The molecule has 2 unspecified atom stereocenters. The van der Waals surface area contributed by atoms with Crippen molar-refractivity contribution in [2.24, 2.45) is 4.99 Å². The molecule has 5 nitrogen and oxygen atoms in total. The van der Waals surface area contributed by atoms with E-state index in [2.05, 4.69) is 99.5 Å². The van der Waals surface area contributed by atoms with Crippen molar-refractivity contribution in [3.63, 3.8) is 0 Å². The minimum atomic E-state index is -0.423. The molecule has 0 bridgehead atoms. The molecule has 6 rings (SSSR count). The molecule has 0 saturated carbocycles. The van der Waals surface area contributed by atoms with Gasteiger partial charge < -0.3 is 10.3 Å². The number of H-pyrrole nitrogens is 1. The molecule has 1 aromatic carbocycles. The largest absolute Gasteiger partial charge is 0.353 e. The van der Waals surface area contributed by atoms with Gasteiger partial charge in [-0.05, 0) is 30.4 Å². The van der Waals surface area contributed by atoms with Crippen molar-refractivity contribution in [3.8, 4) is 0 Å². The van der Waals surface area contributed by atoms with E-state index in [1.165, 1.54) is 5.39 Å². The number of rotatable bonds is 1. The highest BCUT2D eigenvalue weighted by atomic mass is 15.7. The van der Waals surface area contributed by atoms with E-state index in [0.717, 1.165) is 22.6 Å². The molecule has 1 aromatic heterocycles. The zero-order valence-corrected chi connectivity index (χ0v) is 14.0. The number of benzene rings is 1. The summed E-state index contributed by atoms with van der Waals surface area (Å²) in [7, 11) is 0. The first-order valence-electron chi connectivity index (χ1n) is 8.78. The number of hydrazine groups is 1. The Balaban J connectivity index is 1.65. The predicted molar refractivity (Wildman–Crippen MR) is 104 cm³/mol. The van der Waals surface area contributed by atoms with Crippen molar-refractivity contribution in [1.29, 1.82) is 0 Å². The highest BCUT2D eigenvalue weighted by molar-refractivity contribution is 5.87. The molecular formula is C21H17N5. The van der Waals surface area contributed by atoms with Gasteiger partial charge in [-0.25, -0.2) is 0 Å². The van der Waals surface area contributed by atoms with Crippen LogP contribution in [0, 0.1) is 0 Å². The van der Waals surface area contributed by atoms with Crippen molar-refractivity contribution in [2.75, 3.05) is 0 Å². The van der Waals surface area contributed by atoms with Gasteiger partial charge in [0, 0.05) is 23.3 Å². The maximum absolute atomic E-state index is 4.86. The van der Waals surface area contributed by atoms with E-state index in [4.69, 9.17) is 4.99 Å². The molecule has 0 saturated heterocycles. The SMILES string of the molecule is C1=CC2N3C=CC=CN3C(c3cc4ccccc4[nH]3)=C3NC=NC32C=C1. The minimum Gasteiger partial charge on any atom is -0.353 e. The number of hydrogen-bond acceptors (Lipinski definition) is 4. The zero-order chi connectivity index (χ0) is 17.1. The second-order valence-corrected chi connectivity index (χ2v) is 6.82. The Kier molecular flexibility index (Phi) is 2.54. The monoisotopic (exact) mass is 339 g/mol. The Morgan fingerprint density at radius 2 is 1.96 bits per heavy atom. The minimum absolute atomic E-state index is 0.100. The first kappa shape index (κ1) is 13.8. The van der Waals surface area contributed by atoms with Crippen LogP contribution in [0.1, 0.15) is 5.69 Å². The lowest BCUT2D eigenvalue weighted by atomic mass is 9.81. The molecule has 4 aliphatic rings. The average Bonchev–Trinajstić information content (AvgIpc) is 3.29. The standard InChI is InChI=1S/C21H17N5/c1-2-8-16-15(7-1)13-17(24-16)19-20-21(23-14-22-20)10-4-3-9-18(21)25-11-5-6-12-26(19)25/h1-14,18,24H,(H,22,23). The van der Waals surface area contributed by atoms with Gasteiger partial charge >= 0.3 is 0 Å². The Morgan fingerprint density at radius 1 is 1.04 bits per heavy atom. The normalized spacial score (nSPS) is 27.8. The van der Waals surface area contributed by atoms with Crippen LogP contribution in [0.25, 0.3) is 16.6 Å². The fourth-order valence-electron chi connectivity index (χ4n) is 4.31. The molecule has 2 atom stereocenters. The quantitative estimate of drug-likeness (QED) is 0.838. The van der Waals surface area contributed by atoms with E-state index >= 15 is 0 Å². The molecule has 0 amide bonds. The number of aromatic amines is 1. The maximum Gasteiger partial charge on any atom is 0.148 e. The van der Waals surface area contributed by atoms with Crippen molar-refractivity contribution >= 4 is 22.9 Å².